The summed E-state index contributed by atoms with van der Waals surface area (Å²) in [4.78, 5) is 16.1. The van der Waals surface area contributed by atoms with E-state index in [1.54, 1.807) is 12.1 Å². The van der Waals surface area contributed by atoms with Crippen LogP contribution in [0.3, 0.4) is 0 Å². The van der Waals surface area contributed by atoms with Crippen molar-refractivity contribution in [1.29, 1.82) is 0 Å². The number of hydrogen-bond donors (Lipinski definition) is 1. The lowest BCUT2D eigenvalue weighted by Crippen LogP contribution is -2.33. The number of aromatic carboxylic acids is 1. The molecule has 1 saturated carbocycles. The fourth-order valence-corrected chi connectivity index (χ4v) is 3.61. The second-order valence-corrected chi connectivity index (χ2v) is 6.03. The Labute approximate surface area is 118 Å². The number of rotatable bonds is 2. The molecule has 0 spiro atoms. The first-order valence-electron chi connectivity index (χ1n) is 7.25. The van der Waals surface area contributed by atoms with E-state index in [1.165, 1.54) is 19.3 Å². The van der Waals surface area contributed by atoms with Gasteiger partial charge in [-0.1, -0.05) is 25.3 Å². The van der Waals surface area contributed by atoms with Gasteiger partial charge in [-0.25, -0.2) is 9.78 Å². The topological polar surface area (TPSA) is 55.1 Å². The number of nitrogens with zero attached hydrogens (tertiary/aromatic N) is 2. The van der Waals surface area contributed by atoms with Gasteiger partial charge in [0.15, 0.2) is 0 Å². The monoisotopic (exact) mass is 272 g/mol. The molecule has 0 amide bonds. The normalized spacial score (nSPS) is 18.3. The van der Waals surface area contributed by atoms with Gasteiger partial charge in [-0.05, 0) is 38.8 Å². The van der Waals surface area contributed by atoms with Gasteiger partial charge in [0, 0.05) is 5.54 Å². The van der Waals surface area contributed by atoms with E-state index in [0.717, 1.165) is 29.7 Å². The molecule has 1 aliphatic carbocycles. The molecule has 2 aromatic rings. The number of carboxylic acids is 1. The molecule has 0 radical (unpaired) electrons. The molecular formula is C16H20N2O2. The van der Waals surface area contributed by atoms with E-state index < -0.39 is 5.97 Å². The zero-order valence-corrected chi connectivity index (χ0v) is 12.0. The van der Waals surface area contributed by atoms with E-state index >= 15 is 0 Å². The zero-order chi connectivity index (χ0) is 14.3. The van der Waals surface area contributed by atoms with Crippen LogP contribution < -0.4 is 0 Å². The fourth-order valence-electron chi connectivity index (χ4n) is 3.61. The molecule has 0 atom stereocenters. The first kappa shape index (κ1) is 13.2. The minimum atomic E-state index is -0.879. The van der Waals surface area contributed by atoms with Gasteiger partial charge in [0.05, 0.1) is 16.6 Å². The maximum absolute atomic E-state index is 11.5. The lowest BCUT2D eigenvalue weighted by Gasteiger charge is -2.36. The lowest BCUT2D eigenvalue weighted by atomic mass is 9.82. The van der Waals surface area contributed by atoms with Gasteiger partial charge < -0.3 is 9.67 Å². The van der Waals surface area contributed by atoms with Crippen LogP contribution in [-0.4, -0.2) is 20.6 Å². The summed E-state index contributed by atoms with van der Waals surface area (Å²) in [5, 5.41) is 9.46. The highest BCUT2D eigenvalue weighted by molar-refractivity contribution is 6.01. The summed E-state index contributed by atoms with van der Waals surface area (Å²) < 4.78 is 2.17. The Morgan fingerprint density at radius 3 is 2.65 bits per heavy atom. The first-order valence-corrected chi connectivity index (χ1v) is 7.25. The van der Waals surface area contributed by atoms with E-state index in [0.29, 0.717) is 5.56 Å². The molecule has 3 rings (SSSR count). The van der Waals surface area contributed by atoms with Crippen molar-refractivity contribution in [1.82, 2.24) is 9.55 Å². The van der Waals surface area contributed by atoms with Crippen LogP contribution in [0.5, 0.6) is 0 Å². The van der Waals surface area contributed by atoms with Gasteiger partial charge in [-0.3, -0.25) is 0 Å². The molecule has 4 nitrogen and oxygen atoms in total. The van der Waals surface area contributed by atoms with E-state index in [4.69, 9.17) is 0 Å². The van der Waals surface area contributed by atoms with Crippen LogP contribution in [0.25, 0.3) is 11.0 Å². The second kappa shape index (κ2) is 4.62. The van der Waals surface area contributed by atoms with Crippen LogP contribution in [0.1, 0.15) is 55.2 Å². The molecule has 0 unspecified atom stereocenters. The first-order chi connectivity index (χ1) is 9.53. The van der Waals surface area contributed by atoms with Crippen LogP contribution in [0.2, 0.25) is 0 Å². The highest BCUT2D eigenvalue weighted by Crippen LogP contribution is 2.38. The van der Waals surface area contributed by atoms with Gasteiger partial charge in [0.1, 0.15) is 5.82 Å². The molecule has 1 aliphatic rings. The predicted octanol–water partition coefficient (Wildman–Crippen LogP) is 3.72. The summed E-state index contributed by atoms with van der Waals surface area (Å²) in [5.74, 6) is 0.0364. The Morgan fingerprint density at radius 2 is 2.00 bits per heavy atom. The SMILES string of the molecule is Cc1nc2cccc(C(=O)O)c2n1C1(C)CCCCC1. The van der Waals surface area contributed by atoms with Crippen molar-refractivity contribution >= 4 is 17.0 Å². The van der Waals surface area contributed by atoms with Crippen molar-refractivity contribution in [3.05, 3.63) is 29.6 Å². The van der Waals surface area contributed by atoms with Crippen molar-refractivity contribution < 1.29 is 9.90 Å². The summed E-state index contributed by atoms with van der Waals surface area (Å²) >= 11 is 0. The highest BCUT2D eigenvalue weighted by Gasteiger charge is 2.32. The molecule has 106 valence electrons. The highest BCUT2D eigenvalue weighted by atomic mass is 16.4. The molecule has 20 heavy (non-hydrogen) atoms. The predicted molar refractivity (Wildman–Crippen MR) is 78.2 cm³/mol. The number of para-hydroxylation sites is 1. The molecular weight excluding hydrogens is 252 g/mol. The third-order valence-corrected chi connectivity index (χ3v) is 4.55. The van der Waals surface area contributed by atoms with Crippen LogP contribution in [0.15, 0.2) is 18.2 Å². The van der Waals surface area contributed by atoms with Crippen LogP contribution in [0, 0.1) is 6.92 Å². The Hall–Kier alpha value is -1.84. The minimum absolute atomic E-state index is 0.0113. The summed E-state index contributed by atoms with van der Waals surface area (Å²) in [6, 6.07) is 5.34. The average Bonchev–Trinajstić information content (AvgIpc) is 2.75. The molecule has 1 N–H and O–H groups in total. The van der Waals surface area contributed by atoms with Crippen LogP contribution >= 0.6 is 0 Å². The van der Waals surface area contributed by atoms with E-state index in [2.05, 4.69) is 16.5 Å². The average molecular weight is 272 g/mol. The molecule has 0 saturated heterocycles. The summed E-state index contributed by atoms with van der Waals surface area (Å²) in [6.07, 6.45) is 5.85. The molecule has 0 bridgehead atoms. The molecule has 1 aromatic carbocycles. The Kier molecular flexibility index (Phi) is 3.04. The summed E-state index contributed by atoms with van der Waals surface area (Å²) in [6.45, 7) is 4.21. The van der Waals surface area contributed by atoms with E-state index in [9.17, 15) is 9.90 Å². The Bertz CT molecular complexity index is 666. The summed E-state index contributed by atoms with van der Waals surface area (Å²) in [7, 11) is 0. The number of benzene rings is 1. The third-order valence-electron chi connectivity index (χ3n) is 4.55. The fraction of sp³-hybridized carbons (Fsp3) is 0.500. The molecule has 1 fully saturated rings. The van der Waals surface area contributed by atoms with Gasteiger partial charge in [0.25, 0.3) is 0 Å². The molecule has 4 heteroatoms. The smallest absolute Gasteiger partial charge is 0.337 e. The third kappa shape index (κ3) is 1.90. The number of carboxylic acid groups (broad SMARTS) is 1. The van der Waals surface area contributed by atoms with Crippen molar-refractivity contribution in [3.8, 4) is 0 Å². The Balaban J connectivity index is 2.29. The molecule has 1 aromatic heterocycles. The maximum atomic E-state index is 11.5. The number of aromatic nitrogens is 2. The van der Waals surface area contributed by atoms with Crippen LogP contribution in [-0.2, 0) is 5.54 Å². The number of hydrogen-bond acceptors (Lipinski definition) is 2. The number of aryl methyl sites for hydroxylation is 1. The standard InChI is InChI=1S/C16H20N2O2/c1-11-17-13-8-6-7-12(15(19)20)14(13)18(11)16(2)9-4-3-5-10-16/h6-8H,3-5,9-10H2,1-2H3,(H,19,20). The lowest BCUT2D eigenvalue weighted by molar-refractivity contribution is 0.0698. The molecule has 1 heterocycles. The zero-order valence-electron chi connectivity index (χ0n) is 12.0. The number of carbonyl (C=O) groups is 1. The number of fused-ring (bicyclic) bond motifs is 1. The summed E-state index contributed by atoms with van der Waals surface area (Å²) in [5.41, 5.74) is 1.91. The van der Waals surface area contributed by atoms with Gasteiger partial charge >= 0.3 is 5.97 Å². The van der Waals surface area contributed by atoms with E-state index in [1.807, 2.05) is 13.0 Å². The van der Waals surface area contributed by atoms with E-state index in [-0.39, 0.29) is 5.54 Å². The molecule has 0 aliphatic heterocycles. The van der Waals surface area contributed by atoms with Gasteiger partial charge in [-0.2, -0.15) is 0 Å². The van der Waals surface area contributed by atoms with Gasteiger partial charge in [0.2, 0.25) is 0 Å². The van der Waals surface area contributed by atoms with Crippen molar-refractivity contribution in [2.75, 3.05) is 0 Å². The minimum Gasteiger partial charge on any atom is -0.478 e. The van der Waals surface area contributed by atoms with Crippen molar-refractivity contribution in [2.24, 2.45) is 0 Å². The second-order valence-electron chi connectivity index (χ2n) is 6.03. The maximum Gasteiger partial charge on any atom is 0.337 e. The van der Waals surface area contributed by atoms with Crippen molar-refractivity contribution in [2.45, 2.75) is 51.5 Å². The van der Waals surface area contributed by atoms with Gasteiger partial charge in [-0.15, -0.1) is 0 Å². The quantitative estimate of drug-likeness (QED) is 0.906. The Morgan fingerprint density at radius 1 is 1.30 bits per heavy atom. The largest absolute Gasteiger partial charge is 0.478 e. The van der Waals surface area contributed by atoms with Crippen molar-refractivity contribution in [3.63, 3.8) is 0 Å². The number of imidazole rings is 1. The van der Waals surface area contributed by atoms with Crippen LogP contribution in [0.4, 0.5) is 0 Å².